The van der Waals surface area contributed by atoms with E-state index >= 15 is 0 Å². The molecule has 21 heavy (non-hydrogen) atoms. The lowest BCUT2D eigenvalue weighted by Gasteiger charge is -2.05. The zero-order chi connectivity index (χ0) is 15.7. The van der Waals surface area contributed by atoms with Crippen LogP contribution in [0.1, 0.15) is 29.7 Å². The number of hydrogen-bond acceptors (Lipinski definition) is 6. The Labute approximate surface area is 124 Å². The molecule has 1 rings (SSSR count). The lowest BCUT2D eigenvalue weighted by Crippen LogP contribution is -2.17. The van der Waals surface area contributed by atoms with Gasteiger partial charge in [0.25, 0.3) is 0 Å². The topological polar surface area (TPSA) is 103 Å². The molecule has 0 saturated heterocycles. The van der Waals surface area contributed by atoms with Crippen LogP contribution < -0.4 is 0 Å². The molecule has 1 unspecified atom stereocenters. The first-order chi connectivity index (χ1) is 10.0. The third-order valence-electron chi connectivity index (χ3n) is 2.29. The van der Waals surface area contributed by atoms with Crippen LogP contribution in [0.25, 0.3) is 0 Å². The summed E-state index contributed by atoms with van der Waals surface area (Å²) in [5.41, 5.74) is 0. The predicted octanol–water partition coefficient (Wildman–Crippen LogP) is 1.20. The van der Waals surface area contributed by atoms with E-state index in [1.54, 1.807) is 0 Å². The van der Waals surface area contributed by atoms with Gasteiger partial charge < -0.3 is 19.0 Å². The van der Waals surface area contributed by atoms with Crippen molar-refractivity contribution in [1.29, 1.82) is 0 Å². The molecule has 1 atom stereocenters. The average Bonchev–Trinajstić information content (AvgIpc) is 2.87. The van der Waals surface area contributed by atoms with Gasteiger partial charge in [0.2, 0.25) is 5.76 Å². The van der Waals surface area contributed by atoms with Gasteiger partial charge in [0.05, 0.1) is 12.4 Å². The molecular formula is C13H18O7S. The molecule has 1 N–H and O–H groups in total. The molecule has 0 aliphatic carbocycles. The lowest BCUT2D eigenvalue weighted by atomic mass is 10.4. The van der Waals surface area contributed by atoms with Crippen LogP contribution in [-0.2, 0) is 30.8 Å². The summed E-state index contributed by atoms with van der Waals surface area (Å²) in [4.78, 5) is 22.0. The Morgan fingerprint density at radius 2 is 2.05 bits per heavy atom. The highest BCUT2D eigenvalue weighted by Crippen LogP contribution is 2.10. The quantitative estimate of drug-likeness (QED) is 0.510. The van der Waals surface area contributed by atoms with Crippen molar-refractivity contribution in [3.05, 3.63) is 23.7 Å². The molecule has 0 radical (unpaired) electrons. The summed E-state index contributed by atoms with van der Waals surface area (Å²) in [6.07, 6.45) is 0.888. The molecule has 0 aromatic carbocycles. The summed E-state index contributed by atoms with van der Waals surface area (Å²) < 4.78 is 26.7. The summed E-state index contributed by atoms with van der Waals surface area (Å²) in [5.74, 6) is -2.05. The predicted molar refractivity (Wildman–Crippen MR) is 74.4 cm³/mol. The monoisotopic (exact) mass is 318 g/mol. The van der Waals surface area contributed by atoms with Gasteiger partial charge in [-0.3, -0.25) is 9.00 Å². The van der Waals surface area contributed by atoms with Gasteiger partial charge >= 0.3 is 11.9 Å². The smallest absolute Gasteiger partial charge is 0.371 e. The van der Waals surface area contributed by atoms with Crippen LogP contribution in [-0.4, -0.2) is 46.8 Å². The maximum atomic E-state index is 11.7. The zero-order valence-electron chi connectivity index (χ0n) is 11.7. The second-order valence-corrected chi connectivity index (χ2v) is 5.59. The van der Waals surface area contributed by atoms with Crippen LogP contribution in [0.5, 0.6) is 0 Å². The minimum absolute atomic E-state index is 0.0330. The average molecular weight is 318 g/mol. The van der Waals surface area contributed by atoms with Crippen molar-refractivity contribution < 1.29 is 32.8 Å². The Morgan fingerprint density at radius 1 is 1.29 bits per heavy atom. The molecule has 1 aromatic heterocycles. The molecule has 7 nitrogen and oxygen atoms in total. The largest absolute Gasteiger partial charge is 0.475 e. The van der Waals surface area contributed by atoms with Crippen LogP contribution in [0.2, 0.25) is 0 Å². The Kier molecular flexibility index (Phi) is 7.70. The van der Waals surface area contributed by atoms with Crippen LogP contribution >= 0.6 is 0 Å². The highest BCUT2D eigenvalue weighted by atomic mass is 32.2. The van der Waals surface area contributed by atoms with Gasteiger partial charge in [-0.25, -0.2) is 4.79 Å². The fourth-order valence-corrected chi connectivity index (χ4v) is 2.33. The van der Waals surface area contributed by atoms with E-state index in [1.807, 2.05) is 6.92 Å². The first-order valence-electron chi connectivity index (χ1n) is 6.43. The number of carboxylic acids is 1. The van der Waals surface area contributed by atoms with Gasteiger partial charge in [-0.1, -0.05) is 6.92 Å². The van der Waals surface area contributed by atoms with Crippen molar-refractivity contribution in [3.8, 4) is 0 Å². The van der Waals surface area contributed by atoms with E-state index in [2.05, 4.69) is 0 Å². The summed E-state index contributed by atoms with van der Waals surface area (Å²) in [7, 11) is -1.51. The molecule has 1 heterocycles. The SMILES string of the molecule is CCCOCCOC(=O)CS(=O)Cc1ccc(C(=O)O)o1. The maximum absolute atomic E-state index is 11.7. The van der Waals surface area contributed by atoms with Gasteiger partial charge in [0.1, 0.15) is 18.1 Å². The van der Waals surface area contributed by atoms with Crippen LogP contribution in [0.3, 0.4) is 0 Å². The molecule has 0 bridgehead atoms. The summed E-state index contributed by atoms with van der Waals surface area (Å²) >= 11 is 0. The van der Waals surface area contributed by atoms with Crippen molar-refractivity contribution in [2.75, 3.05) is 25.6 Å². The van der Waals surface area contributed by atoms with E-state index in [9.17, 15) is 13.8 Å². The minimum Gasteiger partial charge on any atom is -0.475 e. The van der Waals surface area contributed by atoms with E-state index in [-0.39, 0.29) is 29.6 Å². The van der Waals surface area contributed by atoms with Crippen LogP contribution in [0, 0.1) is 0 Å². The second kappa shape index (κ2) is 9.30. The van der Waals surface area contributed by atoms with Crippen molar-refractivity contribution in [1.82, 2.24) is 0 Å². The lowest BCUT2D eigenvalue weighted by molar-refractivity contribution is -0.142. The molecule has 0 saturated carbocycles. The fraction of sp³-hybridized carbons (Fsp3) is 0.538. The normalized spacial score (nSPS) is 12.0. The molecule has 0 fully saturated rings. The van der Waals surface area contributed by atoms with Gasteiger partial charge in [-0.2, -0.15) is 0 Å². The van der Waals surface area contributed by atoms with Gasteiger partial charge in [0.15, 0.2) is 0 Å². The Bertz CT molecular complexity index is 494. The van der Waals surface area contributed by atoms with Gasteiger partial charge in [-0.05, 0) is 18.6 Å². The Hall–Kier alpha value is -1.67. The van der Waals surface area contributed by atoms with Crippen LogP contribution in [0.15, 0.2) is 16.5 Å². The Balaban J connectivity index is 2.26. The van der Waals surface area contributed by atoms with Gasteiger partial charge in [-0.15, -0.1) is 0 Å². The van der Waals surface area contributed by atoms with Crippen molar-refractivity contribution in [2.24, 2.45) is 0 Å². The number of ether oxygens (including phenoxy) is 2. The third-order valence-corrected chi connectivity index (χ3v) is 3.46. The summed E-state index contributed by atoms with van der Waals surface area (Å²) in [6.45, 7) is 3.01. The van der Waals surface area contributed by atoms with Crippen molar-refractivity contribution in [3.63, 3.8) is 0 Å². The number of esters is 1. The van der Waals surface area contributed by atoms with E-state index in [0.717, 1.165) is 6.42 Å². The molecule has 0 aliphatic rings. The minimum atomic E-state index is -1.51. The van der Waals surface area contributed by atoms with Gasteiger partial charge in [0, 0.05) is 17.4 Å². The number of carboxylic acid groups (broad SMARTS) is 1. The number of carbonyl (C=O) groups excluding carboxylic acids is 1. The summed E-state index contributed by atoms with van der Waals surface area (Å²) in [6, 6.07) is 2.70. The van der Waals surface area contributed by atoms with E-state index in [4.69, 9.17) is 19.0 Å². The standard InChI is InChI=1S/C13H18O7S/c1-2-5-18-6-7-19-12(14)9-21(17)8-10-3-4-11(20-10)13(15)16/h3-4H,2,5-9H2,1H3,(H,15,16). The second-order valence-electron chi connectivity index (χ2n) is 4.13. The molecular weight excluding hydrogens is 300 g/mol. The molecule has 0 amide bonds. The number of aromatic carboxylic acids is 1. The third kappa shape index (κ3) is 7.05. The molecule has 1 aromatic rings. The highest BCUT2D eigenvalue weighted by molar-refractivity contribution is 7.84. The van der Waals surface area contributed by atoms with Crippen molar-refractivity contribution >= 4 is 22.7 Å². The first-order valence-corrected chi connectivity index (χ1v) is 7.92. The number of rotatable bonds is 10. The number of carbonyl (C=O) groups is 2. The number of hydrogen-bond donors (Lipinski definition) is 1. The van der Waals surface area contributed by atoms with E-state index in [0.29, 0.717) is 13.2 Å². The fourth-order valence-electron chi connectivity index (χ4n) is 1.41. The molecule has 0 spiro atoms. The zero-order valence-corrected chi connectivity index (χ0v) is 12.5. The van der Waals surface area contributed by atoms with E-state index < -0.39 is 22.7 Å². The molecule has 0 aliphatic heterocycles. The first kappa shape index (κ1) is 17.4. The molecule has 118 valence electrons. The van der Waals surface area contributed by atoms with E-state index in [1.165, 1.54) is 12.1 Å². The highest BCUT2D eigenvalue weighted by Gasteiger charge is 2.14. The molecule has 8 heteroatoms. The van der Waals surface area contributed by atoms with Crippen molar-refractivity contribution in [2.45, 2.75) is 19.1 Å². The number of furan rings is 1. The maximum Gasteiger partial charge on any atom is 0.371 e. The summed E-state index contributed by atoms with van der Waals surface area (Å²) in [5, 5.41) is 8.68. The Morgan fingerprint density at radius 3 is 2.67 bits per heavy atom. The van der Waals surface area contributed by atoms with Crippen LogP contribution in [0.4, 0.5) is 0 Å².